The van der Waals surface area contributed by atoms with Gasteiger partial charge in [-0.05, 0) is 43.4 Å². The lowest BCUT2D eigenvalue weighted by molar-refractivity contribution is 0.160. The van der Waals surface area contributed by atoms with E-state index >= 15 is 0 Å². The Morgan fingerprint density at radius 2 is 2.14 bits per heavy atom. The first-order chi connectivity index (χ1) is 6.63. The lowest BCUT2D eigenvalue weighted by Gasteiger charge is -2.08. The first kappa shape index (κ1) is 11.5. The van der Waals surface area contributed by atoms with Crippen LogP contribution in [0, 0.1) is 6.92 Å². The minimum atomic E-state index is -0.185. The van der Waals surface area contributed by atoms with E-state index in [4.69, 9.17) is 11.6 Å². The number of aliphatic hydroxyl groups excluding tert-OH is 1. The Bertz CT molecular complexity index is 296. The predicted octanol–water partition coefficient (Wildman–Crippen LogP) is 3.35. The van der Waals surface area contributed by atoms with Crippen molar-refractivity contribution < 1.29 is 5.11 Å². The van der Waals surface area contributed by atoms with Gasteiger partial charge in [0.2, 0.25) is 0 Å². The zero-order valence-corrected chi connectivity index (χ0v) is 9.51. The van der Waals surface area contributed by atoms with Crippen molar-refractivity contribution in [1.82, 2.24) is 0 Å². The van der Waals surface area contributed by atoms with Crippen LogP contribution in [0.2, 0.25) is 5.02 Å². The topological polar surface area (TPSA) is 20.2 Å². The normalized spacial score (nSPS) is 12.9. The van der Waals surface area contributed by atoms with Crippen molar-refractivity contribution in [3.05, 3.63) is 34.3 Å². The van der Waals surface area contributed by atoms with Gasteiger partial charge in [0, 0.05) is 5.02 Å². The van der Waals surface area contributed by atoms with E-state index in [9.17, 15) is 5.11 Å². The Morgan fingerprint density at radius 1 is 1.43 bits per heavy atom. The van der Waals surface area contributed by atoms with Crippen LogP contribution < -0.4 is 0 Å². The molecule has 0 aliphatic rings. The van der Waals surface area contributed by atoms with E-state index in [1.165, 1.54) is 5.56 Å². The molecule has 1 nitrogen and oxygen atoms in total. The number of aliphatic hydroxyl groups is 1. The van der Waals surface area contributed by atoms with Gasteiger partial charge < -0.3 is 5.11 Å². The number of aryl methyl sites for hydroxylation is 2. The van der Waals surface area contributed by atoms with Crippen molar-refractivity contribution in [2.45, 2.75) is 39.2 Å². The zero-order valence-electron chi connectivity index (χ0n) is 8.76. The van der Waals surface area contributed by atoms with E-state index in [1.807, 2.05) is 26.0 Å². The zero-order chi connectivity index (χ0) is 10.6. The number of halogens is 1. The molecular weight excluding hydrogens is 196 g/mol. The molecule has 0 fully saturated rings. The van der Waals surface area contributed by atoms with Crippen LogP contribution in [0.15, 0.2) is 18.2 Å². The maximum absolute atomic E-state index is 9.41. The minimum absolute atomic E-state index is 0.185. The van der Waals surface area contributed by atoms with Gasteiger partial charge in [-0.1, -0.05) is 30.7 Å². The molecular formula is C12H17ClO. The summed E-state index contributed by atoms with van der Waals surface area (Å²) in [4.78, 5) is 0. The first-order valence-corrected chi connectivity index (χ1v) is 5.44. The molecule has 0 radical (unpaired) electrons. The molecule has 0 amide bonds. The van der Waals surface area contributed by atoms with Crippen LogP contribution in [0.3, 0.4) is 0 Å². The molecule has 1 aromatic carbocycles. The molecule has 0 aromatic heterocycles. The van der Waals surface area contributed by atoms with Crippen LogP contribution in [0.4, 0.5) is 0 Å². The highest BCUT2D eigenvalue weighted by atomic mass is 35.5. The molecule has 14 heavy (non-hydrogen) atoms. The fourth-order valence-corrected chi connectivity index (χ4v) is 1.53. The van der Waals surface area contributed by atoms with Crippen molar-refractivity contribution in [2.75, 3.05) is 0 Å². The Hall–Kier alpha value is -0.530. The molecule has 1 rings (SSSR count). The first-order valence-electron chi connectivity index (χ1n) is 5.06. The second-order valence-electron chi connectivity index (χ2n) is 3.68. The molecule has 1 unspecified atom stereocenters. The van der Waals surface area contributed by atoms with E-state index in [-0.39, 0.29) is 6.10 Å². The number of benzene rings is 1. The Balaban J connectivity index is 2.55. The summed E-state index contributed by atoms with van der Waals surface area (Å²) < 4.78 is 0. The molecule has 78 valence electrons. The fourth-order valence-electron chi connectivity index (χ4n) is 1.33. The summed E-state index contributed by atoms with van der Waals surface area (Å²) in [6.45, 7) is 3.99. The second-order valence-corrected chi connectivity index (χ2v) is 4.09. The van der Waals surface area contributed by atoms with E-state index in [0.717, 1.165) is 29.8 Å². The third-order valence-corrected chi connectivity index (χ3v) is 2.88. The van der Waals surface area contributed by atoms with Crippen molar-refractivity contribution in [1.29, 1.82) is 0 Å². The standard InChI is InChI=1S/C12H17ClO/c1-3-11(14)7-6-10-5-4-9(2)12(13)8-10/h4-5,8,11,14H,3,6-7H2,1-2H3. The van der Waals surface area contributed by atoms with Crippen molar-refractivity contribution in [3.8, 4) is 0 Å². The third kappa shape index (κ3) is 3.32. The van der Waals surface area contributed by atoms with Gasteiger partial charge in [-0.3, -0.25) is 0 Å². The summed E-state index contributed by atoms with van der Waals surface area (Å²) in [7, 11) is 0. The monoisotopic (exact) mass is 212 g/mol. The van der Waals surface area contributed by atoms with Gasteiger partial charge in [0.1, 0.15) is 0 Å². The molecule has 1 atom stereocenters. The van der Waals surface area contributed by atoms with Crippen LogP contribution in [0.5, 0.6) is 0 Å². The van der Waals surface area contributed by atoms with E-state index in [1.54, 1.807) is 0 Å². The maximum atomic E-state index is 9.41. The number of hydrogen-bond donors (Lipinski definition) is 1. The predicted molar refractivity (Wildman–Crippen MR) is 60.8 cm³/mol. The SMILES string of the molecule is CCC(O)CCc1ccc(C)c(Cl)c1. The van der Waals surface area contributed by atoms with Crippen molar-refractivity contribution in [2.24, 2.45) is 0 Å². The molecule has 0 aliphatic carbocycles. The molecule has 1 N–H and O–H groups in total. The summed E-state index contributed by atoms with van der Waals surface area (Å²) in [6, 6.07) is 6.08. The highest BCUT2D eigenvalue weighted by Crippen LogP contribution is 2.18. The summed E-state index contributed by atoms with van der Waals surface area (Å²) in [5, 5.41) is 10.2. The third-order valence-electron chi connectivity index (χ3n) is 2.47. The molecule has 0 heterocycles. The molecule has 0 saturated carbocycles. The maximum Gasteiger partial charge on any atom is 0.0540 e. The molecule has 0 aliphatic heterocycles. The van der Waals surface area contributed by atoms with Gasteiger partial charge in [-0.25, -0.2) is 0 Å². The fraction of sp³-hybridized carbons (Fsp3) is 0.500. The van der Waals surface area contributed by atoms with Gasteiger partial charge in [-0.2, -0.15) is 0 Å². The van der Waals surface area contributed by atoms with Crippen LogP contribution in [0.25, 0.3) is 0 Å². The van der Waals surface area contributed by atoms with Crippen LogP contribution in [0.1, 0.15) is 30.9 Å². The highest BCUT2D eigenvalue weighted by Gasteiger charge is 2.02. The minimum Gasteiger partial charge on any atom is -0.393 e. The molecule has 2 heteroatoms. The molecule has 1 aromatic rings. The van der Waals surface area contributed by atoms with Crippen molar-refractivity contribution >= 4 is 11.6 Å². The van der Waals surface area contributed by atoms with Gasteiger partial charge in [0.25, 0.3) is 0 Å². The summed E-state index contributed by atoms with van der Waals surface area (Å²) >= 11 is 6.00. The summed E-state index contributed by atoms with van der Waals surface area (Å²) in [5.41, 5.74) is 2.31. The highest BCUT2D eigenvalue weighted by molar-refractivity contribution is 6.31. The largest absolute Gasteiger partial charge is 0.393 e. The average molecular weight is 213 g/mol. The summed E-state index contributed by atoms with van der Waals surface area (Å²) in [6.07, 6.45) is 2.35. The van der Waals surface area contributed by atoms with Gasteiger partial charge in [0.05, 0.1) is 6.10 Å². The smallest absolute Gasteiger partial charge is 0.0540 e. The van der Waals surface area contributed by atoms with Crippen LogP contribution in [-0.2, 0) is 6.42 Å². The molecule has 0 bridgehead atoms. The Labute approximate surface area is 90.7 Å². The van der Waals surface area contributed by atoms with Crippen molar-refractivity contribution in [3.63, 3.8) is 0 Å². The van der Waals surface area contributed by atoms with Gasteiger partial charge in [-0.15, -0.1) is 0 Å². The number of rotatable bonds is 4. The van der Waals surface area contributed by atoms with E-state index < -0.39 is 0 Å². The summed E-state index contributed by atoms with van der Waals surface area (Å²) in [5.74, 6) is 0. The quantitative estimate of drug-likeness (QED) is 0.812. The average Bonchev–Trinajstić information content (AvgIpc) is 2.19. The van der Waals surface area contributed by atoms with E-state index in [0.29, 0.717) is 0 Å². The van der Waals surface area contributed by atoms with Gasteiger partial charge >= 0.3 is 0 Å². The lowest BCUT2D eigenvalue weighted by Crippen LogP contribution is -2.05. The Morgan fingerprint density at radius 3 is 2.71 bits per heavy atom. The van der Waals surface area contributed by atoms with Crippen LogP contribution >= 0.6 is 11.6 Å². The van der Waals surface area contributed by atoms with E-state index in [2.05, 4.69) is 6.07 Å². The molecule has 0 saturated heterocycles. The van der Waals surface area contributed by atoms with Crippen LogP contribution in [-0.4, -0.2) is 11.2 Å². The second kappa shape index (κ2) is 5.38. The lowest BCUT2D eigenvalue weighted by atomic mass is 10.0. The Kier molecular flexibility index (Phi) is 4.43. The molecule has 0 spiro atoms. The number of hydrogen-bond acceptors (Lipinski definition) is 1. The van der Waals surface area contributed by atoms with Gasteiger partial charge in [0.15, 0.2) is 0 Å².